The van der Waals surface area contributed by atoms with Gasteiger partial charge in [-0.3, -0.25) is 4.79 Å². The Hall–Kier alpha value is -1.20. The Morgan fingerprint density at radius 1 is 1.19 bits per heavy atom. The third-order valence-corrected chi connectivity index (χ3v) is 2.85. The van der Waals surface area contributed by atoms with Gasteiger partial charge in [0.1, 0.15) is 0 Å². The maximum Gasteiger partial charge on any atom is 0.417 e. The number of likely N-dealkylation sites (tertiary alicyclic amines) is 1. The highest BCUT2D eigenvalue weighted by Gasteiger charge is 2.38. The fourth-order valence-electron chi connectivity index (χ4n) is 1.57. The van der Waals surface area contributed by atoms with Gasteiger partial charge in [0, 0.05) is 25.9 Å². The second kappa shape index (κ2) is 3.99. The minimum atomic E-state index is -2.70. The van der Waals surface area contributed by atoms with Crippen molar-refractivity contribution in [2.75, 3.05) is 13.1 Å². The molecule has 0 N–H and O–H groups in total. The molecule has 0 unspecified atom stereocenters. The summed E-state index contributed by atoms with van der Waals surface area (Å²) in [6.07, 6.45) is 0.000708. The number of amides is 1. The summed E-state index contributed by atoms with van der Waals surface area (Å²) >= 11 is 0. The number of esters is 1. The number of hydrogen-bond acceptors (Lipinski definition) is 3. The molecule has 2 rings (SSSR count). The highest BCUT2D eigenvalue weighted by atomic mass is 19.3. The lowest BCUT2D eigenvalue weighted by Crippen LogP contribution is -2.43. The SMILES string of the molecule is O=C(OC(=O)N1CCC(F)(F)CC1)C1CC1. The van der Waals surface area contributed by atoms with Gasteiger partial charge in [0.25, 0.3) is 5.92 Å². The molecule has 0 bridgehead atoms. The van der Waals surface area contributed by atoms with Crippen molar-refractivity contribution in [3.8, 4) is 0 Å². The number of hydrogen-bond donors (Lipinski definition) is 0. The summed E-state index contributed by atoms with van der Waals surface area (Å²) in [6, 6.07) is 0. The molecule has 0 aromatic heterocycles. The van der Waals surface area contributed by atoms with E-state index in [4.69, 9.17) is 0 Å². The zero-order valence-corrected chi connectivity index (χ0v) is 8.75. The average Bonchev–Trinajstić information content (AvgIpc) is 3.00. The predicted molar refractivity (Wildman–Crippen MR) is 50.0 cm³/mol. The van der Waals surface area contributed by atoms with Gasteiger partial charge in [-0.15, -0.1) is 0 Å². The molecule has 0 spiro atoms. The van der Waals surface area contributed by atoms with Crippen LogP contribution in [0.3, 0.4) is 0 Å². The summed E-state index contributed by atoms with van der Waals surface area (Å²) in [5.74, 6) is -3.38. The molecule has 1 saturated carbocycles. The van der Waals surface area contributed by atoms with E-state index >= 15 is 0 Å². The smallest absolute Gasteiger partial charge is 0.376 e. The van der Waals surface area contributed by atoms with E-state index in [1.54, 1.807) is 0 Å². The Morgan fingerprint density at radius 2 is 1.75 bits per heavy atom. The van der Waals surface area contributed by atoms with Gasteiger partial charge in [0.15, 0.2) is 0 Å². The summed E-state index contributed by atoms with van der Waals surface area (Å²) < 4.78 is 30.2. The molecule has 6 heteroatoms. The molecule has 0 radical (unpaired) electrons. The minimum Gasteiger partial charge on any atom is -0.376 e. The first-order valence-electron chi connectivity index (χ1n) is 5.36. The topological polar surface area (TPSA) is 46.6 Å². The first-order valence-corrected chi connectivity index (χ1v) is 5.36. The Balaban J connectivity index is 1.79. The van der Waals surface area contributed by atoms with Gasteiger partial charge in [0.05, 0.1) is 5.92 Å². The maximum atomic E-state index is 12.8. The standard InChI is InChI=1S/C10H13F2NO3/c11-10(12)3-5-13(6-4-10)9(15)16-8(14)7-1-2-7/h7H,1-6H2. The van der Waals surface area contributed by atoms with E-state index in [0.717, 1.165) is 17.7 Å². The van der Waals surface area contributed by atoms with Crippen LogP contribution in [0, 0.1) is 5.92 Å². The number of carbonyl (C=O) groups is 2. The predicted octanol–water partition coefficient (Wildman–Crippen LogP) is 1.79. The molecule has 2 fully saturated rings. The van der Waals surface area contributed by atoms with Gasteiger partial charge in [0.2, 0.25) is 0 Å². The van der Waals surface area contributed by atoms with Crippen LogP contribution in [0.15, 0.2) is 0 Å². The molecular formula is C10H13F2NO3. The van der Waals surface area contributed by atoms with Crippen LogP contribution in [0.5, 0.6) is 0 Å². The molecule has 1 amide bonds. The number of carbonyl (C=O) groups excluding carboxylic acids is 2. The van der Waals surface area contributed by atoms with Crippen LogP contribution >= 0.6 is 0 Å². The second-order valence-corrected chi connectivity index (χ2v) is 4.30. The third kappa shape index (κ3) is 2.68. The number of ether oxygens (including phenoxy) is 1. The van der Waals surface area contributed by atoms with E-state index in [0.29, 0.717) is 0 Å². The Labute approximate surface area is 91.5 Å². The van der Waals surface area contributed by atoms with Gasteiger partial charge in [-0.2, -0.15) is 0 Å². The molecule has 90 valence electrons. The van der Waals surface area contributed by atoms with Crippen molar-refractivity contribution in [2.24, 2.45) is 5.92 Å². The molecule has 0 aromatic rings. The summed E-state index contributed by atoms with van der Waals surface area (Å²) in [5, 5.41) is 0. The molecule has 1 heterocycles. The van der Waals surface area contributed by atoms with Crippen LogP contribution in [0.25, 0.3) is 0 Å². The van der Waals surface area contributed by atoms with Gasteiger partial charge < -0.3 is 9.64 Å². The largest absolute Gasteiger partial charge is 0.417 e. The van der Waals surface area contributed by atoms with Crippen molar-refractivity contribution in [3.05, 3.63) is 0 Å². The number of halogens is 2. The molecule has 2 aliphatic rings. The lowest BCUT2D eigenvalue weighted by molar-refractivity contribution is -0.140. The summed E-state index contributed by atoms with van der Waals surface area (Å²) in [5.41, 5.74) is 0. The van der Waals surface area contributed by atoms with E-state index in [2.05, 4.69) is 4.74 Å². The fraction of sp³-hybridized carbons (Fsp3) is 0.800. The number of piperidine rings is 1. The molecule has 0 aromatic carbocycles. The molecule has 0 atom stereocenters. The Bertz CT molecular complexity index is 305. The van der Waals surface area contributed by atoms with Crippen molar-refractivity contribution in [1.82, 2.24) is 4.90 Å². The van der Waals surface area contributed by atoms with Gasteiger partial charge in [-0.05, 0) is 12.8 Å². The quantitative estimate of drug-likeness (QED) is 0.512. The Kier molecular flexibility index (Phi) is 2.82. The summed E-state index contributed by atoms with van der Waals surface area (Å²) in [7, 11) is 0. The highest BCUT2D eigenvalue weighted by Crippen LogP contribution is 2.31. The third-order valence-electron chi connectivity index (χ3n) is 2.85. The zero-order valence-electron chi connectivity index (χ0n) is 8.75. The van der Waals surface area contributed by atoms with Crippen LogP contribution < -0.4 is 0 Å². The van der Waals surface area contributed by atoms with E-state index in [-0.39, 0.29) is 31.8 Å². The molecule has 16 heavy (non-hydrogen) atoms. The first-order chi connectivity index (χ1) is 7.48. The van der Waals surface area contributed by atoms with E-state index in [9.17, 15) is 18.4 Å². The molecule has 1 aliphatic heterocycles. The number of rotatable bonds is 1. The molecule has 1 saturated heterocycles. The molecular weight excluding hydrogens is 220 g/mol. The maximum absolute atomic E-state index is 12.8. The van der Waals surface area contributed by atoms with E-state index in [1.165, 1.54) is 0 Å². The molecule has 4 nitrogen and oxygen atoms in total. The highest BCUT2D eigenvalue weighted by molar-refractivity contribution is 5.87. The lowest BCUT2D eigenvalue weighted by Gasteiger charge is -2.30. The van der Waals surface area contributed by atoms with Crippen LogP contribution in [0.2, 0.25) is 0 Å². The van der Waals surface area contributed by atoms with Crippen LogP contribution in [-0.4, -0.2) is 36.0 Å². The van der Waals surface area contributed by atoms with Gasteiger partial charge in [-0.25, -0.2) is 13.6 Å². The van der Waals surface area contributed by atoms with E-state index < -0.39 is 18.0 Å². The van der Waals surface area contributed by atoms with Crippen molar-refractivity contribution >= 4 is 12.1 Å². The van der Waals surface area contributed by atoms with Crippen molar-refractivity contribution in [3.63, 3.8) is 0 Å². The van der Waals surface area contributed by atoms with Crippen LogP contribution in [0.1, 0.15) is 25.7 Å². The van der Waals surface area contributed by atoms with Crippen LogP contribution in [0.4, 0.5) is 13.6 Å². The van der Waals surface area contributed by atoms with Crippen molar-refractivity contribution in [1.29, 1.82) is 0 Å². The van der Waals surface area contributed by atoms with Crippen molar-refractivity contribution in [2.45, 2.75) is 31.6 Å². The van der Waals surface area contributed by atoms with Crippen molar-refractivity contribution < 1.29 is 23.1 Å². The average molecular weight is 233 g/mol. The second-order valence-electron chi connectivity index (χ2n) is 4.30. The minimum absolute atomic E-state index is 0.0518. The van der Waals surface area contributed by atoms with Gasteiger partial charge >= 0.3 is 12.1 Å². The number of nitrogens with zero attached hydrogens (tertiary/aromatic N) is 1. The monoisotopic (exact) mass is 233 g/mol. The lowest BCUT2D eigenvalue weighted by atomic mass is 10.1. The first kappa shape index (κ1) is 11.3. The Morgan fingerprint density at radius 3 is 2.25 bits per heavy atom. The normalized spacial score (nSPS) is 24.0. The molecule has 1 aliphatic carbocycles. The zero-order chi connectivity index (χ0) is 11.8. The van der Waals surface area contributed by atoms with Gasteiger partial charge in [-0.1, -0.05) is 0 Å². The van der Waals surface area contributed by atoms with Crippen LogP contribution in [-0.2, 0) is 9.53 Å². The summed E-state index contributed by atoms with van der Waals surface area (Å²) in [6.45, 7) is -0.104. The fourth-order valence-corrected chi connectivity index (χ4v) is 1.57. The number of alkyl halides is 2. The summed E-state index contributed by atoms with van der Waals surface area (Å²) in [4.78, 5) is 23.7. The van der Waals surface area contributed by atoms with E-state index in [1.807, 2.05) is 0 Å².